The number of hydrogen-bond acceptors (Lipinski definition) is 3. The van der Waals surface area contributed by atoms with Crippen molar-refractivity contribution in [2.45, 2.75) is 32.9 Å². The summed E-state index contributed by atoms with van der Waals surface area (Å²) in [6.45, 7) is 6.10. The van der Waals surface area contributed by atoms with Crippen LogP contribution in [0.4, 0.5) is 5.69 Å². The lowest BCUT2D eigenvalue weighted by atomic mass is 10.1. The van der Waals surface area contributed by atoms with Crippen LogP contribution < -0.4 is 4.90 Å². The first-order valence-electron chi connectivity index (χ1n) is 5.67. The van der Waals surface area contributed by atoms with E-state index in [4.69, 9.17) is 0 Å². The Morgan fingerprint density at radius 1 is 1.00 bits per heavy atom. The molecule has 0 aliphatic carbocycles. The van der Waals surface area contributed by atoms with Crippen LogP contribution in [0.2, 0.25) is 0 Å². The lowest BCUT2D eigenvalue weighted by Gasteiger charge is -2.35. The molecule has 0 spiro atoms. The molecule has 0 bridgehead atoms. The molecule has 0 unspecified atom stereocenters. The Balaban J connectivity index is 2.96. The van der Waals surface area contributed by atoms with Crippen LogP contribution in [0.3, 0.4) is 0 Å². The van der Waals surface area contributed by atoms with Gasteiger partial charge in [-0.05, 0) is 32.9 Å². The molecule has 0 fully saturated rings. The van der Waals surface area contributed by atoms with E-state index >= 15 is 0 Å². The molecule has 0 amide bonds. The molecule has 0 saturated carbocycles. The normalized spacial score (nSPS) is 14.6. The fourth-order valence-electron chi connectivity index (χ4n) is 1.84. The van der Waals surface area contributed by atoms with E-state index in [0.717, 1.165) is 5.69 Å². The quantitative estimate of drug-likeness (QED) is 0.796. The molecule has 0 aliphatic rings. The van der Waals surface area contributed by atoms with Crippen LogP contribution in [0.5, 0.6) is 0 Å². The van der Waals surface area contributed by atoms with Crippen molar-refractivity contribution in [3.63, 3.8) is 0 Å². The van der Waals surface area contributed by atoms with Crippen LogP contribution in [-0.4, -0.2) is 35.5 Å². The zero-order valence-electron chi connectivity index (χ0n) is 10.2. The fraction of sp³-hybridized carbons (Fsp3) is 0.538. The summed E-state index contributed by atoms with van der Waals surface area (Å²) in [5.41, 5.74) is 2.24. The molecule has 0 heterocycles. The fourth-order valence-corrected chi connectivity index (χ4v) is 1.84. The summed E-state index contributed by atoms with van der Waals surface area (Å²) in [6.07, 6.45) is 0. The number of rotatable bonds is 5. The third-order valence-electron chi connectivity index (χ3n) is 2.81. The van der Waals surface area contributed by atoms with Crippen LogP contribution in [0.15, 0.2) is 24.3 Å². The van der Waals surface area contributed by atoms with Gasteiger partial charge in [0.15, 0.2) is 0 Å². The maximum absolute atomic E-state index is 9.24. The summed E-state index contributed by atoms with van der Waals surface area (Å²) in [5.74, 6) is 0. The highest BCUT2D eigenvalue weighted by atomic mass is 16.3. The largest absolute Gasteiger partial charge is 0.394 e. The maximum atomic E-state index is 9.24. The van der Waals surface area contributed by atoms with Gasteiger partial charge in [0.2, 0.25) is 0 Å². The van der Waals surface area contributed by atoms with Crippen molar-refractivity contribution in [1.82, 2.24) is 0 Å². The van der Waals surface area contributed by atoms with E-state index in [-0.39, 0.29) is 25.3 Å². The van der Waals surface area contributed by atoms with Gasteiger partial charge in [-0.2, -0.15) is 0 Å². The van der Waals surface area contributed by atoms with Crippen LogP contribution in [0.25, 0.3) is 0 Å². The van der Waals surface area contributed by atoms with Crippen LogP contribution in [-0.2, 0) is 0 Å². The molecule has 0 radical (unpaired) electrons. The Labute approximate surface area is 97.3 Å². The molecule has 0 aromatic heterocycles. The Morgan fingerprint density at radius 3 is 1.81 bits per heavy atom. The number of aliphatic hydroxyl groups excluding tert-OH is 2. The van der Waals surface area contributed by atoms with Gasteiger partial charge in [-0.15, -0.1) is 0 Å². The number of benzene rings is 1. The number of anilines is 1. The SMILES string of the molecule is Cc1ccc(N([C@H](C)CO)[C@H](C)CO)cc1. The van der Waals surface area contributed by atoms with Crippen LogP contribution in [0, 0.1) is 6.92 Å². The second-order valence-electron chi connectivity index (χ2n) is 4.31. The minimum atomic E-state index is 0.00450. The highest BCUT2D eigenvalue weighted by Gasteiger charge is 2.19. The highest BCUT2D eigenvalue weighted by molar-refractivity contribution is 5.49. The highest BCUT2D eigenvalue weighted by Crippen LogP contribution is 2.20. The number of aliphatic hydroxyl groups is 2. The van der Waals surface area contributed by atoms with Crippen molar-refractivity contribution in [2.24, 2.45) is 0 Å². The topological polar surface area (TPSA) is 43.7 Å². The van der Waals surface area contributed by atoms with E-state index in [1.807, 2.05) is 49.9 Å². The zero-order chi connectivity index (χ0) is 12.1. The van der Waals surface area contributed by atoms with Crippen molar-refractivity contribution >= 4 is 5.69 Å². The molecule has 1 aromatic rings. The summed E-state index contributed by atoms with van der Waals surface area (Å²) < 4.78 is 0. The van der Waals surface area contributed by atoms with E-state index in [9.17, 15) is 10.2 Å². The van der Waals surface area contributed by atoms with Gasteiger partial charge in [0, 0.05) is 17.8 Å². The van der Waals surface area contributed by atoms with Crippen molar-refractivity contribution in [3.8, 4) is 0 Å². The van der Waals surface area contributed by atoms with E-state index < -0.39 is 0 Å². The average molecular weight is 223 g/mol. The Bertz CT molecular complexity index is 300. The van der Waals surface area contributed by atoms with Gasteiger partial charge < -0.3 is 15.1 Å². The second-order valence-corrected chi connectivity index (χ2v) is 4.31. The molecule has 1 aromatic carbocycles. The second kappa shape index (κ2) is 5.87. The van der Waals surface area contributed by atoms with Gasteiger partial charge in [-0.25, -0.2) is 0 Å². The summed E-state index contributed by atoms with van der Waals surface area (Å²) in [5, 5.41) is 18.5. The van der Waals surface area contributed by atoms with Crippen LogP contribution in [0.1, 0.15) is 19.4 Å². The standard InChI is InChI=1S/C13H21NO2/c1-10-4-6-13(7-5-10)14(11(2)8-15)12(3)9-16/h4-7,11-12,15-16H,8-9H2,1-3H3/t11-,12-/m1/s1. The van der Waals surface area contributed by atoms with Gasteiger partial charge in [-0.1, -0.05) is 17.7 Å². The third-order valence-corrected chi connectivity index (χ3v) is 2.81. The number of nitrogens with zero attached hydrogens (tertiary/aromatic N) is 1. The maximum Gasteiger partial charge on any atom is 0.0632 e. The Hall–Kier alpha value is -1.06. The van der Waals surface area contributed by atoms with Gasteiger partial charge in [0.05, 0.1) is 13.2 Å². The van der Waals surface area contributed by atoms with Gasteiger partial charge in [-0.3, -0.25) is 0 Å². The van der Waals surface area contributed by atoms with Crippen LogP contribution >= 0.6 is 0 Å². The Morgan fingerprint density at radius 2 is 1.44 bits per heavy atom. The first kappa shape index (κ1) is 13.0. The summed E-state index contributed by atoms with van der Waals surface area (Å²) in [4.78, 5) is 2.04. The molecular weight excluding hydrogens is 202 g/mol. The molecule has 0 aliphatic heterocycles. The molecule has 1 rings (SSSR count). The predicted octanol–water partition coefficient (Wildman–Crippen LogP) is 1.56. The molecule has 16 heavy (non-hydrogen) atoms. The van der Waals surface area contributed by atoms with E-state index in [0.29, 0.717) is 0 Å². The third kappa shape index (κ3) is 2.97. The zero-order valence-corrected chi connectivity index (χ0v) is 10.2. The number of aryl methyl sites for hydroxylation is 1. The van der Waals surface area contributed by atoms with Crippen molar-refractivity contribution < 1.29 is 10.2 Å². The molecule has 90 valence electrons. The minimum absolute atomic E-state index is 0.00450. The first-order valence-corrected chi connectivity index (χ1v) is 5.67. The molecule has 3 nitrogen and oxygen atoms in total. The molecule has 2 atom stereocenters. The lowest BCUT2D eigenvalue weighted by molar-refractivity contribution is 0.230. The first-order chi connectivity index (χ1) is 7.60. The van der Waals surface area contributed by atoms with Crippen molar-refractivity contribution in [1.29, 1.82) is 0 Å². The van der Waals surface area contributed by atoms with Gasteiger partial charge in [0.1, 0.15) is 0 Å². The Kier molecular flexibility index (Phi) is 4.77. The van der Waals surface area contributed by atoms with E-state index in [2.05, 4.69) is 0 Å². The monoisotopic (exact) mass is 223 g/mol. The molecule has 3 heteroatoms. The predicted molar refractivity (Wildman–Crippen MR) is 66.8 cm³/mol. The van der Waals surface area contributed by atoms with Crippen molar-refractivity contribution in [2.75, 3.05) is 18.1 Å². The van der Waals surface area contributed by atoms with E-state index in [1.165, 1.54) is 5.56 Å². The summed E-state index contributed by atoms with van der Waals surface area (Å²) >= 11 is 0. The van der Waals surface area contributed by atoms with Gasteiger partial charge >= 0.3 is 0 Å². The molecule has 2 N–H and O–H groups in total. The molecule has 0 saturated heterocycles. The van der Waals surface area contributed by atoms with Gasteiger partial charge in [0.25, 0.3) is 0 Å². The smallest absolute Gasteiger partial charge is 0.0632 e. The minimum Gasteiger partial charge on any atom is -0.394 e. The summed E-state index contributed by atoms with van der Waals surface area (Å²) in [7, 11) is 0. The number of hydrogen-bond donors (Lipinski definition) is 2. The van der Waals surface area contributed by atoms with Crippen molar-refractivity contribution in [3.05, 3.63) is 29.8 Å². The molecular formula is C13H21NO2. The lowest BCUT2D eigenvalue weighted by Crippen LogP contribution is -2.44. The summed E-state index contributed by atoms with van der Waals surface area (Å²) in [6, 6.07) is 8.13. The average Bonchev–Trinajstić information content (AvgIpc) is 2.31. The van der Waals surface area contributed by atoms with E-state index in [1.54, 1.807) is 0 Å².